The monoisotopic (exact) mass is 355 g/mol. The van der Waals surface area contributed by atoms with Crippen LogP contribution in [0, 0.1) is 0 Å². The van der Waals surface area contributed by atoms with Gasteiger partial charge in [0.25, 0.3) is 0 Å². The maximum atomic E-state index is 12.0. The van der Waals surface area contributed by atoms with E-state index < -0.39 is 0 Å². The number of hydrogen-bond donors (Lipinski definition) is 1. The molecule has 0 radical (unpaired) electrons. The number of nitrogens with two attached hydrogens (primary N) is 1. The maximum Gasteiger partial charge on any atom is 0.232 e. The number of halogens is 1. The van der Waals surface area contributed by atoms with Crippen LogP contribution in [0.4, 0.5) is 0 Å². The van der Waals surface area contributed by atoms with Gasteiger partial charge in [0, 0.05) is 31.0 Å². The van der Waals surface area contributed by atoms with E-state index in [1.54, 1.807) is 18.2 Å². The first kappa shape index (κ1) is 19.5. The quantitative estimate of drug-likeness (QED) is 0.826. The molecule has 7 heteroatoms. The maximum absolute atomic E-state index is 12.0. The number of hydrogen-bond acceptors (Lipinski definition) is 5. The molecule has 1 aromatic carbocycles. The van der Waals surface area contributed by atoms with Crippen LogP contribution in [0.25, 0.3) is 11.5 Å². The summed E-state index contributed by atoms with van der Waals surface area (Å²) < 4.78 is 5.47. The van der Waals surface area contributed by atoms with Crippen LogP contribution in [0.1, 0.15) is 12.6 Å². The predicted molar refractivity (Wildman–Crippen MR) is 96.6 cm³/mol. The molecule has 1 aromatic heterocycles. The van der Waals surface area contributed by atoms with Gasteiger partial charge in [-0.05, 0) is 19.1 Å². The molecule has 2 aromatic rings. The molecule has 1 amide bonds. The summed E-state index contributed by atoms with van der Waals surface area (Å²) in [5.41, 5.74) is 7.35. The summed E-state index contributed by atoms with van der Waals surface area (Å²) in [6.07, 6.45) is 1.64. The fourth-order valence-electron chi connectivity index (χ4n) is 1.84. The van der Waals surface area contributed by atoms with Crippen molar-refractivity contribution in [2.75, 3.05) is 19.3 Å². The fraction of sp³-hybridized carbons (Fsp3) is 0.375. The molecule has 1 heterocycles. The zero-order valence-electron chi connectivity index (χ0n) is 13.3. The van der Waals surface area contributed by atoms with Crippen LogP contribution in [-0.4, -0.2) is 41.2 Å². The summed E-state index contributed by atoms with van der Waals surface area (Å²) in [7, 11) is 1.78. The van der Waals surface area contributed by atoms with Crippen LogP contribution in [0.2, 0.25) is 0 Å². The first-order valence-electron chi connectivity index (χ1n) is 7.15. The number of benzene rings is 1. The van der Waals surface area contributed by atoms with E-state index in [0.717, 1.165) is 11.3 Å². The van der Waals surface area contributed by atoms with E-state index >= 15 is 0 Å². The Labute approximate surface area is 147 Å². The van der Waals surface area contributed by atoms with Gasteiger partial charge in [-0.15, -0.1) is 24.2 Å². The molecule has 2 N–H and O–H groups in total. The zero-order chi connectivity index (χ0) is 15.9. The highest BCUT2D eigenvalue weighted by Gasteiger charge is 2.14. The lowest BCUT2D eigenvalue weighted by atomic mass is 10.2. The summed E-state index contributed by atoms with van der Waals surface area (Å²) in [5.74, 6) is 1.74. The van der Waals surface area contributed by atoms with Crippen molar-refractivity contribution in [1.29, 1.82) is 0 Å². The summed E-state index contributed by atoms with van der Waals surface area (Å²) in [6.45, 7) is 2.41. The van der Waals surface area contributed by atoms with Gasteiger partial charge in [-0.3, -0.25) is 4.79 Å². The molecule has 0 bridgehead atoms. The van der Waals surface area contributed by atoms with Crippen molar-refractivity contribution in [3.8, 4) is 11.5 Å². The number of thioether (sulfide) groups is 1. The molecule has 0 spiro atoms. The van der Waals surface area contributed by atoms with E-state index in [1.807, 2.05) is 37.3 Å². The van der Waals surface area contributed by atoms with Gasteiger partial charge in [-0.25, -0.2) is 4.98 Å². The van der Waals surface area contributed by atoms with Crippen molar-refractivity contribution < 1.29 is 9.21 Å². The molecule has 0 aliphatic carbocycles. The van der Waals surface area contributed by atoms with E-state index in [1.165, 1.54) is 11.8 Å². The molecule has 1 unspecified atom stereocenters. The summed E-state index contributed by atoms with van der Waals surface area (Å²) in [4.78, 5) is 18.1. The molecule has 126 valence electrons. The second-order valence-corrected chi connectivity index (χ2v) is 6.08. The van der Waals surface area contributed by atoms with E-state index in [0.29, 0.717) is 23.9 Å². The van der Waals surface area contributed by atoms with Gasteiger partial charge in [-0.2, -0.15) is 0 Å². The van der Waals surface area contributed by atoms with E-state index in [9.17, 15) is 4.79 Å². The number of nitrogens with zero attached hydrogens (tertiary/aromatic N) is 2. The van der Waals surface area contributed by atoms with Gasteiger partial charge in [-0.1, -0.05) is 18.2 Å². The number of likely N-dealkylation sites (N-methyl/N-ethyl adjacent to an activating group) is 1. The minimum atomic E-state index is 0. The molecule has 0 aliphatic heterocycles. The standard InChI is InChI=1S/C16H21N3O2S.ClH/c1-12(8-17)19(2)15(20)11-22-10-14-9-21-16(18-14)13-6-4-3-5-7-13;/h3-7,9,12H,8,10-11,17H2,1-2H3;1H. The fourth-order valence-corrected chi connectivity index (χ4v) is 2.66. The topological polar surface area (TPSA) is 72.4 Å². The van der Waals surface area contributed by atoms with Crippen molar-refractivity contribution >= 4 is 30.1 Å². The van der Waals surface area contributed by atoms with Gasteiger partial charge < -0.3 is 15.1 Å². The second kappa shape index (κ2) is 9.60. The minimum absolute atomic E-state index is 0. The Hall–Kier alpha value is -1.50. The number of carbonyl (C=O) groups is 1. The van der Waals surface area contributed by atoms with Crippen LogP contribution in [0.15, 0.2) is 41.0 Å². The summed E-state index contributed by atoms with van der Waals surface area (Å²) in [5, 5.41) is 0. The Morgan fingerprint density at radius 1 is 1.39 bits per heavy atom. The van der Waals surface area contributed by atoms with Crippen molar-refractivity contribution in [2.24, 2.45) is 5.73 Å². The lowest BCUT2D eigenvalue weighted by molar-refractivity contribution is -0.128. The number of oxazole rings is 1. The Bertz CT molecular complexity index is 606. The van der Waals surface area contributed by atoms with Crippen molar-refractivity contribution in [1.82, 2.24) is 9.88 Å². The molecule has 0 aliphatic rings. The highest BCUT2D eigenvalue weighted by atomic mass is 35.5. The van der Waals surface area contributed by atoms with Gasteiger partial charge >= 0.3 is 0 Å². The van der Waals surface area contributed by atoms with Gasteiger partial charge in [0.1, 0.15) is 6.26 Å². The van der Waals surface area contributed by atoms with Gasteiger partial charge in [0.05, 0.1) is 11.4 Å². The third-order valence-electron chi connectivity index (χ3n) is 3.44. The molecule has 1 atom stereocenters. The highest BCUT2D eigenvalue weighted by Crippen LogP contribution is 2.20. The predicted octanol–water partition coefficient (Wildman–Crippen LogP) is 2.80. The average Bonchev–Trinajstić information content (AvgIpc) is 3.03. The van der Waals surface area contributed by atoms with Crippen molar-refractivity contribution in [3.63, 3.8) is 0 Å². The first-order valence-corrected chi connectivity index (χ1v) is 8.30. The molecule has 0 fully saturated rings. The number of aromatic nitrogens is 1. The largest absolute Gasteiger partial charge is 0.444 e. The lowest BCUT2D eigenvalue weighted by Gasteiger charge is -2.23. The van der Waals surface area contributed by atoms with E-state index in [-0.39, 0.29) is 24.4 Å². The van der Waals surface area contributed by atoms with Gasteiger partial charge in [0.15, 0.2) is 0 Å². The Balaban J connectivity index is 0.00000264. The normalized spacial score (nSPS) is 11.6. The molecule has 5 nitrogen and oxygen atoms in total. The SMILES string of the molecule is CC(CN)N(C)C(=O)CSCc1coc(-c2ccccc2)n1.Cl. The Morgan fingerprint density at radius 3 is 2.74 bits per heavy atom. The third-order valence-corrected chi connectivity index (χ3v) is 4.39. The Morgan fingerprint density at radius 2 is 2.09 bits per heavy atom. The lowest BCUT2D eigenvalue weighted by Crippen LogP contribution is -2.40. The molecule has 23 heavy (non-hydrogen) atoms. The summed E-state index contributed by atoms with van der Waals surface area (Å²) >= 11 is 1.52. The molecule has 0 saturated heterocycles. The molecular formula is C16H22ClN3O2S. The Kier molecular flexibility index (Phi) is 8.16. The molecule has 0 saturated carbocycles. The molecule has 2 rings (SSSR count). The highest BCUT2D eigenvalue weighted by molar-refractivity contribution is 7.99. The van der Waals surface area contributed by atoms with Gasteiger partial charge in [0.2, 0.25) is 11.8 Å². The number of amides is 1. The number of rotatable bonds is 7. The van der Waals surface area contributed by atoms with Crippen LogP contribution >= 0.6 is 24.2 Å². The third kappa shape index (κ3) is 5.57. The van der Waals surface area contributed by atoms with E-state index in [2.05, 4.69) is 4.98 Å². The molecular weight excluding hydrogens is 334 g/mol. The van der Waals surface area contributed by atoms with Crippen molar-refractivity contribution in [2.45, 2.75) is 18.7 Å². The van der Waals surface area contributed by atoms with Crippen LogP contribution in [-0.2, 0) is 10.5 Å². The van der Waals surface area contributed by atoms with Crippen molar-refractivity contribution in [3.05, 3.63) is 42.3 Å². The summed E-state index contributed by atoms with van der Waals surface area (Å²) in [6, 6.07) is 9.81. The smallest absolute Gasteiger partial charge is 0.232 e. The van der Waals surface area contributed by atoms with Crippen LogP contribution in [0.5, 0.6) is 0 Å². The van der Waals surface area contributed by atoms with E-state index in [4.69, 9.17) is 10.2 Å². The average molecular weight is 356 g/mol. The first-order chi connectivity index (χ1) is 10.6. The van der Waals surface area contributed by atoms with Crippen LogP contribution < -0.4 is 5.73 Å². The van der Waals surface area contributed by atoms with Crippen LogP contribution in [0.3, 0.4) is 0 Å². The minimum Gasteiger partial charge on any atom is -0.444 e. The zero-order valence-corrected chi connectivity index (χ0v) is 14.9. The number of carbonyl (C=O) groups excluding carboxylic acids is 1. The second-order valence-electron chi connectivity index (χ2n) is 5.09.